The quantitative estimate of drug-likeness (QED) is 0.670. The fraction of sp³-hybridized carbons (Fsp3) is 0.0833. The number of nitrogen functional groups attached to an aromatic ring is 1. The maximum atomic E-state index is 5.76. The minimum Gasteiger partial charge on any atom is -0.399 e. The molecule has 0 aliphatic rings. The van der Waals surface area contributed by atoms with Crippen molar-refractivity contribution in [2.24, 2.45) is 0 Å². The average molecular weight is 225 g/mol. The second kappa shape index (κ2) is 3.86. The van der Waals surface area contributed by atoms with E-state index in [1.165, 1.54) is 0 Å². The Kier molecular flexibility index (Phi) is 2.22. The number of rotatable bonds is 2. The molecular weight excluding hydrogens is 214 g/mol. The monoisotopic (exact) mass is 225 g/mol. The van der Waals surface area contributed by atoms with Crippen molar-refractivity contribution in [2.75, 3.05) is 5.73 Å². The summed E-state index contributed by atoms with van der Waals surface area (Å²) in [6, 6.07) is 7.77. The van der Waals surface area contributed by atoms with Crippen molar-refractivity contribution in [2.45, 2.75) is 6.54 Å². The van der Waals surface area contributed by atoms with Gasteiger partial charge in [-0.25, -0.2) is 4.68 Å². The van der Waals surface area contributed by atoms with E-state index in [4.69, 9.17) is 5.73 Å². The largest absolute Gasteiger partial charge is 0.399 e. The summed E-state index contributed by atoms with van der Waals surface area (Å²) in [4.78, 5) is 4.38. The van der Waals surface area contributed by atoms with Gasteiger partial charge in [0.05, 0.1) is 18.4 Å². The summed E-state index contributed by atoms with van der Waals surface area (Å²) >= 11 is 0. The van der Waals surface area contributed by atoms with Crippen LogP contribution < -0.4 is 5.73 Å². The Hall–Kier alpha value is -2.43. The Morgan fingerprint density at radius 3 is 2.94 bits per heavy atom. The average Bonchev–Trinajstić information content (AvgIpc) is 2.82. The van der Waals surface area contributed by atoms with E-state index in [1.807, 2.05) is 30.5 Å². The molecule has 2 N–H and O–H groups in total. The zero-order valence-corrected chi connectivity index (χ0v) is 9.11. The molecule has 2 heterocycles. The van der Waals surface area contributed by atoms with Crippen molar-refractivity contribution in [3.05, 3.63) is 48.5 Å². The molecule has 5 heteroatoms. The fourth-order valence-electron chi connectivity index (χ4n) is 1.86. The van der Waals surface area contributed by atoms with Gasteiger partial charge in [-0.2, -0.15) is 0 Å². The van der Waals surface area contributed by atoms with Crippen LogP contribution in [-0.2, 0) is 6.54 Å². The number of pyridine rings is 1. The molecule has 0 spiro atoms. The smallest absolute Gasteiger partial charge is 0.0855 e. The van der Waals surface area contributed by atoms with Gasteiger partial charge < -0.3 is 5.73 Å². The first-order chi connectivity index (χ1) is 8.33. The number of nitrogens with two attached hydrogens (primary N) is 1. The lowest BCUT2D eigenvalue weighted by Gasteiger charge is -2.05. The number of nitrogens with zero attached hydrogens (tertiary/aromatic N) is 4. The van der Waals surface area contributed by atoms with Crippen molar-refractivity contribution in [3.63, 3.8) is 0 Å². The van der Waals surface area contributed by atoms with E-state index in [0.717, 1.165) is 22.2 Å². The summed E-state index contributed by atoms with van der Waals surface area (Å²) in [6.07, 6.45) is 5.26. The maximum Gasteiger partial charge on any atom is 0.0855 e. The van der Waals surface area contributed by atoms with Crippen LogP contribution in [0, 0.1) is 0 Å². The number of fused-ring (bicyclic) bond motifs is 1. The molecule has 0 saturated heterocycles. The zero-order chi connectivity index (χ0) is 11.7. The maximum absolute atomic E-state index is 5.76. The molecule has 0 amide bonds. The number of hydrogen-bond acceptors (Lipinski definition) is 4. The van der Waals surface area contributed by atoms with Crippen LogP contribution in [-0.4, -0.2) is 20.0 Å². The summed E-state index contributed by atoms with van der Waals surface area (Å²) in [5, 5.41) is 9.90. The lowest BCUT2D eigenvalue weighted by atomic mass is 10.1. The van der Waals surface area contributed by atoms with Gasteiger partial charge >= 0.3 is 0 Å². The van der Waals surface area contributed by atoms with Gasteiger partial charge in [-0.1, -0.05) is 11.3 Å². The van der Waals surface area contributed by atoms with E-state index >= 15 is 0 Å². The Morgan fingerprint density at radius 1 is 1.18 bits per heavy atom. The minimum atomic E-state index is 0.612. The lowest BCUT2D eigenvalue weighted by Crippen LogP contribution is -2.03. The number of hydrogen-bond donors (Lipinski definition) is 1. The molecule has 0 radical (unpaired) electrons. The molecule has 0 fully saturated rings. The highest BCUT2D eigenvalue weighted by Gasteiger charge is 2.03. The van der Waals surface area contributed by atoms with Crippen molar-refractivity contribution in [1.82, 2.24) is 20.0 Å². The highest BCUT2D eigenvalue weighted by molar-refractivity contribution is 5.87. The van der Waals surface area contributed by atoms with E-state index in [2.05, 4.69) is 15.3 Å². The van der Waals surface area contributed by atoms with Crippen LogP contribution in [0.1, 0.15) is 5.69 Å². The standard InChI is InChI=1S/C12H11N5/c13-10-1-2-11-9(7-10)3-4-14-12(11)8-17-6-5-15-16-17/h1-7H,8,13H2. The number of benzene rings is 1. The minimum absolute atomic E-state index is 0.612. The third kappa shape index (κ3) is 1.82. The molecule has 5 nitrogen and oxygen atoms in total. The van der Waals surface area contributed by atoms with Crippen molar-refractivity contribution >= 4 is 16.5 Å². The van der Waals surface area contributed by atoms with Crippen molar-refractivity contribution in [1.29, 1.82) is 0 Å². The first-order valence-electron chi connectivity index (χ1n) is 5.30. The van der Waals surface area contributed by atoms with Gasteiger partial charge in [0.15, 0.2) is 0 Å². The molecule has 0 bridgehead atoms. The van der Waals surface area contributed by atoms with Crippen LogP contribution >= 0.6 is 0 Å². The second-order valence-electron chi connectivity index (χ2n) is 3.84. The molecule has 0 aliphatic carbocycles. The molecule has 17 heavy (non-hydrogen) atoms. The van der Waals surface area contributed by atoms with E-state index in [9.17, 15) is 0 Å². The fourth-order valence-corrected chi connectivity index (χ4v) is 1.86. The molecular formula is C12H11N5. The number of anilines is 1. The van der Waals surface area contributed by atoms with Crippen molar-refractivity contribution in [3.8, 4) is 0 Å². The molecule has 84 valence electrons. The Balaban J connectivity index is 2.10. The lowest BCUT2D eigenvalue weighted by molar-refractivity contribution is 0.642. The Bertz CT molecular complexity index is 645. The highest BCUT2D eigenvalue weighted by atomic mass is 15.4. The van der Waals surface area contributed by atoms with Gasteiger partial charge in [-0.15, -0.1) is 5.10 Å². The van der Waals surface area contributed by atoms with Gasteiger partial charge in [-0.3, -0.25) is 4.98 Å². The van der Waals surface area contributed by atoms with Crippen LogP contribution in [0.2, 0.25) is 0 Å². The molecule has 0 saturated carbocycles. The summed E-state index contributed by atoms with van der Waals surface area (Å²) in [6.45, 7) is 0.612. The van der Waals surface area contributed by atoms with Gasteiger partial charge in [0.1, 0.15) is 0 Å². The topological polar surface area (TPSA) is 69.6 Å². The SMILES string of the molecule is Nc1ccc2c(Cn3ccnn3)nccc2c1. The van der Waals surface area contributed by atoms with Gasteiger partial charge in [0, 0.05) is 23.5 Å². The van der Waals surface area contributed by atoms with E-state index in [1.54, 1.807) is 17.1 Å². The predicted octanol–water partition coefficient (Wildman–Crippen LogP) is 1.46. The molecule has 3 aromatic rings. The van der Waals surface area contributed by atoms with Crippen LogP contribution in [0.5, 0.6) is 0 Å². The Morgan fingerprint density at radius 2 is 2.12 bits per heavy atom. The third-order valence-electron chi connectivity index (χ3n) is 2.65. The summed E-state index contributed by atoms with van der Waals surface area (Å²) in [5.74, 6) is 0. The van der Waals surface area contributed by atoms with Crippen LogP contribution in [0.15, 0.2) is 42.9 Å². The van der Waals surface area contributed by atoms with E-state index < -0.39 is 0 Å². The summed E-state index contributed by atoms with van der Waals surface area (Å²) in [5.41, 5.74) is 7.49. The zero-order valence-electron chi connectivity index (χ0n) is 9.11. The van der Waals surface area contributed by atoms with Gasteiger partial charge in [0.25, 0.3) is 0 Å². The van der Waals surface area contributed by atoms with Crippen LogP contribution in [0.4, 0.5) is 5.69 Å². The molecule has 0 aliphatic heterocycles. The summed E-state index contributed by atoms with van der Waals surface area (Å²) < 4.78 is 1.75. The summed E-state index contributed by atoms with van der Waals surface area (Å²) in [7, 11) is 0. The number of aromatic nitrogens is 4. The molecule has 2 aromatic heterocycles. The van der Waals surface area contributed by atoms with Crippen LogP contribution in [0.25, 0.3) is 10.8 Å². The van der Waals surface area contributed by atoms with Crippen LogP contribution in [0.3, 0.4) is 0 Å². The highest BCUT2D eigenvalue weighted by Crippen LogP contribution is 2.20. The molecule has 3 rings (SSSR count). The van der Waals surface area contributed by atoms with E-state index in [-0.39, 0.29) is 0 Å². The van der Waals surface area contributed by atoms with Gasteiger partial charge in [-0.05, 0) is 23.6 Å². The third-order valence-corrected chi connectivity index (χ3v) is 2.65. The first kappa shape index (κ1) is 9.77. The molecule has 1 aromatic carbocycles. The van der Waals surface area contributed by atoms with Crippen molar-refractivity contribution < 1.29 is 0 Å². The predicted molar refractivity (Wildman–Crippen MR) is 65.3 cm³/mol. The van der Waals surface area contributed by atoms with Gasteiger partial charge in [0.2, 0.25) is 0 Å². The van der Waals surface area contributed by atoms with E-state index in [0.29, 0.717) is 6.54 Å². The molecule has 0 atom stereocenters. The molecule has 0 unspecified atom stereocenters. The second-order valence-corrected chi connectivity index (χ2v) is 3.84. The Labute approximate surface area is 97.9 Å². The normalized spacial score (nSPS) is 10.8. The first-order valence-corrected chi connectivity index (χ1v) is 5.30.